The van der Waals surface area contributed by atoms with Gasteiger partial charge in [0.2, 0.25) is 0 Å². The Kier molecular flexibility index (Phi) is 3.39. The zero-order chi connectivity index (χ0) is 11.4. The van der Waals surface area contributed by atoms with E-state index in [2.05, 4.69) is 24.0 Å². The molecule has 4 nitrogen and oxygen atoms in total. The molecule has 2 aromatic rings. The van der Waals surface area contributed by atoms with E-state index < -0.39 is 0 Å². The van der Waals surface area contributed by atoms with Crippen molar-refractivity contribution in [3.8, 4) is 0 Å². The Bertz CT molecular complexity index is 354. The van der Waals surface area contributed by atoms with Crippen LogP contribution in [0, 0.1) is 0 Å². The summed E-state index contributed by atoms with van der Waals surface area (Å²) in [6.45, 7) is 4.29. The van der Waals surface area contributed by atoms with E-state index in [1.54, 1.807) is 12.4 Å². The zero-order valence-corrected chi connectivity index (χ0v) is 9.59. The van der Waals surface area contributed by atoms with Crippen LogP contribution >= 0.6 is 0 Å². The Balaban J connectivity index is 1.84. The van der Waals surface area contributed by atoms with Crippen molar-refractivity contribution in [1.82, 2.24) is 10.1 Å². The maximum Gasteiger partial charge on any atom is 0.180 e. The summed E-state index contributed by atoms with van der Waals surface area (Å²) in [5.41, 5.74) is 0. The van der Waals surface area contributed by atoms with Crippen LogP contribution in [0.15, 0.2) is 33.8 Å². The summed E-state index contributed by atoms with van der Waals surface area (Å²) in [4.78, 5) is 3.93. The second-order valence-electron chi connectivity index (χ2n) is 4.20. The van der Waals surface area contributed by atoms with Crippen molar-refractivity contribution in [3.05, 3.63) is 36.4 Å². The highest BCUT2D eigenvalue weighted by atomic mass is 16.5. The first-order chi connectivity index (χ1) is 7.77. The molecule has 0 aliphatic carbocycles. The van der Waals surface area contributed by atoms with Crippen LogP contribution in [0.5, 0.6) is 0 Å². The Labute approximate surface area is 94.7 Å². The molecule has 2 aromatic heterocycles. The second-order valence-corrected chi connectivity index (χ2v) is 4.20. The van der Waals surface area contributed by atoms with Gasteiger partial charge in [-0.1, -0.05) is 19.0 Å². The van der Waals surface area contributed by atoms with E-state index in [-0.39, 0.29) is 0 Å². The van der Waals surface area contributed by atoms with Gasteiger partial charge in [0, 0.05) is 17.9 Å². The summed E-state index contributed by atoms with van der Waals surface area (Å²) in [5, 5.41) is 3.72. The number of hydrogen-bond acceptors (Lipinski definition) is 4. The standard InChI is InChI=1S/C12H16N2O2/c1-9(11-5-6-14-16-11)3-4-10(2)12-7-13-8-15-12/h5-10H,3-4H2,1-2H3. The molecule has 4 heteroatoms. The monoisotopic (exact) mass is 220 g/mol. The molecule has 86 valence electrons. The summed E-state index contributed by atoms with van der Waals surface area (Å²) in [5.74, 6) is 2.69. The molecule has 0 radical (unpaired) electrons. The van der Waals surface area contributed by atoms with Gasteiger partial charge in [0.1, 0.15) is 11.5 Å². The van der Waals surface area contributed by atoms with Gasteiger partial charge in [0.05, 0.1) is 12.4 Å². The summed E-state index contributed by atoms with van der Waals surface area (Å²) in [7, 11) is 0. The zero-order valence-electron chi connectivity index (χ0n) is 9.59. The van der Waals surface area contributed by atoms with Crippen molar-refractivity contribution in [2.45, 2.75) is 38.5 Å². The Hall–Kier alpha value is -1.58. The Morgan fingerprint density at radius 1 is 1.19 bits per heavy atom. The van der Waals surface area contributed by atoms with E-state index in [1.807, 2.05) is 6.07 Å². The molecule has 2 atom stereocenters. The lowest BCUT2D eigenvalue weighted by Gasteiger charge is -2.11. The van der Waals surface area contributed by atoms with Gasteiger partial charge in [-0.2, -0.15) is 0 Å². The van der Waals surface area contributed by atoms with E-state index in [0.29, 0.717) is 11.8 Å². The molecule has 0 fully saturated rings. The van der Waals surface area contributed by atoms with Gasteiger partial charge in [-0.15, -0.1) is 0 Å². The normalized spacial score (nSPS) is 14.9. The van der Waals surface area contributed by atoms with Gasteiger partial charge in [-0.3, -0.25) is 0 Å². The predicted octanol–water partition coefficient (Wildman–Crippen LogP) is 3.35. The molecule has 0 spiro atoms. The van der Waals surface area contributed by atoms with Gasteiger partial charge in [-0.05, 0) is 12.8 Å². The minimum Gasteiger partial charge on any atom is -0.448 e. The molecule has 2 rings (SSSR count). The van der Waals surface area contributed by atoms with Crippen LogP contribution in [0.1, 0.15) is 50.0 Å². The first-order valence-corrected chi connectivity index (χ1v) is 5.56. The highest BCUT2D eigenvalue weighted by Crippen LogP contribution is 2.26. The predicted molar refractivity (Wildman–Crippen MR) is 59.1 cm³/mol. The minimum absolute atomic E-state index is 0.396. The first kappa shape index (κ1) is 10.9. The smallest absolute Gasteiger partial charge is 0.180 e. The largest absolute Gasteiger partial charge is 0.448 e. The molecule has 2 unspecified atom stereocenters. The van der Waals surface area contributed by atoms with Crippen LogP contribution in [0.2, 0.25) is 0 Å². The van der Waals surface area contributed by atoms with Gasteiger partial charge in [0.25, 0.3) is 0 Å². The molecular formula is C12H16N2O2. The van der Waals surface area contributed by atoms with Gasteiger partial charge >= 0.3 is 0 Å². The van der Waals surface area contributed by atoms with Crippen molar-refractivity contribution >= 4 is 0 Å². The fourth-order valence-corrected chi connectivity index (χ4v) is 1.73. The van der Waals surface area contributed by atoms with E-state index in [0.717, 1.165) is 24.4 Å². The number of oxazole rings is 1. The number of aromatic nitrogens is 2. The lowest BCUT2D eigenvalue weighted by atomic mass is 9.95. The van der Waals surface area contributed by atoms with E-state index in [9.17, 15) is 0 Å². The Morgan fingerprint density at radius 3 is 2.50 bits per heavy atom. The van der Waals surface area contributed by atoms with Crippen molar-refractivity contribution in [2.24, 2.45) is 0 Å². The van der Waals surface area contributed by atoms with Crippen LogP contribution in [-0.4, -0.2) is 10.1 Å². The third-order valence-electron chi connectivity index (χ3n) is 2.91. The van der Waals surface area contributed by atoms with E-state index in [1.165, 1.54) is 6.39 Å². The van der Waals surface area contributed by atoms with E-state index >= 15 is 0 Å². The number of hydrogen-bond donors (Lipinski definition) is 0. The molecule has 16 heavy (non-hydrogen) atoms. The van der Waals surface area contributed by atoms with Crippen LogP contribution in [-0.2, 0) is 0 Å². The van der Waals surface area contributed by atoms with E-state index in [4.69, 9.17) is 8.94 Å². The fourth-order valence-electron chi connectivity index (χ4n) is 1.73. The summed E-state index contributed by atoms with van der Waals surface area (Å²) in [6, 6.07) is 1.92. The van der Waals surface area contributed by atoms with Gasteiger partial charge < -0.3 is 8.94 Å². The van der Waals surface area contributed by atoms with Crippen molar-refractivity contribution in [1.29, 1.82) is 0 Å². The first-order valence-electron chi connectivity index (χ1n) is 5.56. The average Bonchev–Trinajstić information content (AvgIpc) is 2.95. The number of rotatable bonds is 5. The molecule has 0 aromatic carbocycles. The SMILES string of the molecule is CC(CCC(C)c1ccno1)c1cnco1. The molecule has 0 aliphatic rings. The van der Waals surface area contributed by atoms with Crippen LogP contribution in [0.4, 0.5) is 0 Å². The van der Waals surface area contributed by atoms with Crippen molar-refractivity contribution in [2.75, 3.05) is 0 Å². The highest BCUT2D eigenvalue weighted by Gasteiger charge is 2.14. The summed E-state index contributed by atoms with van der Waals surface area (Å²) < 4.78 is 10.4. The fraction of sp³-hybridized carbons (Fsp3) is 0.500. The van der Waals surface area contributed by atoms with Crippen LogP contribution in [0.3, 0.4) is 0 Å². The highest BCUT2D eigenvalue weighted by molar-refractivity contribution is 5.02. The Morgan fingerprint density at radius 2 is 1.94 bits per heavy atom. The van der Waals surface area contributed by atoms with Crippen molar-refractivity contribution < 1.29 is 8.94 Å². The quantitative estimate of drug-likeness (QED) is 0.775. The maximum atomic E-state index is 5.27. The molecule has 0 amide bonds. The molecular weight excluding hydrogens is 204 g/mol. The van der Waals surface area contributed by atoms with Crippen LogP contribution in [0.25, 0.3) is 0 Å². The third-order valence-corrected chi connectivity index (χ3v) is 2.91. The average molecular weight is 220 g/mol. The summed E-state index contributed by atoms with van der Waals surface area (Å²) >= 11 is 0. The van der Waals surface area contributed by atoms with Crippen molar-refractivity contribution in [3.63, 3.8) is 0 Å². The topological polar surface area (TPSA) is 52.1 Å². The lowest BCUT2D eigenvalue weighted by Crippen LogP contribution is -1.97. The molecule has 0 bridgehead atoms. The molecule has 0 aliphatic heterocycles. The second kappa shape index (κ2) is 4.96. The lowest BCUT2D eigenvalue weighted by molar-refractivity contribution is 0.352. The van der Waals surface area contributed by atoms with Crippen LogP contribution < -0.4 is 0 Å². The third kappa shape index (κ3) is 2.51. The number of nitrogens with zero attached hydrogens (tertiary/aromatic N) is 2. The molecule has 0 N–H and O–H groups in total. The summed E-state index contributed by atoms with van der Waals surface area (Å²) in [6.07, 6.45) is 7.05. The molecule has 2 heterocycles. The van der Waals surface area contributed by atoms with Gasteiger partial charge in [0.15, 0.2) is 6.39 Å². The van der Waals surface area contributed by atoms with Gasteiger partial charge in [-0.25, -0.2) is 4.98 Å². The molecule has 0 saturated heterocycles. The molecule has 0 saturated carbocycles. The maximum absolute atomic E-state index is 5.27. The minimum atomic E-state index is 0.396.